The van der Waals surface area contributed by atoms with Crippen LogP contribution in [-0.2, 0) is 9.53 Å². The average Bonchev–Trinajstić information content (AvgIpc) is 2.24. The van der Waals surface area contributed by atoms with E-state index in [2.05, 4.69) is 10.1 Å². The maximum atomic E-state index is 8.95. The van der Waals surface area contributed by atoms with Gasteiger partial charge < -0.3 is 10.1 Å². The van der Waals surface area contributed by atoms with E-state index in [-0.39, 0.29) is 24.0 Å². The molecule has 0 aromatic carbocycles. The molecule has 1 aliphatic rings. The SMILES string of the molecule is C1CCNCC1.CC.COC=O.I. The lowest BCUT2D eigenvalue weighted by molar-refractivity contribution is -0.126. The fourth-order valence-corrected chi connectivity index (χ4v) is 0.802. The number of hydrogen-bond acceptors (Lipinski definition) is 3. The van der Waals surface area contributed by atoms with Crippen molar-refractivity contribution in [2.45, 2.75) is 33.1 Å². The van der Waals surface area contributed by atoms with E-state index in [0.29, 0.717) is 6.47 Å². The zero-order valence-corrected chi connectivity index (χ0v) is 11.2. The van der Waals surface area contributed by atoms with Crippen molar-refractivity contribution >= 4 is 30.4 Å². The third-order valence-electron chi connectivity index (χ3n) is 1.30. The molecule has 1 fully saturated rings. The third-order valence-corrected chi connectivity index (χ3v) is 1.30. The molecule has 3 nitrogen and oxygen atoms in total. The summed E-state index contributed by atoms with van der Waals surface area (Å²) >= 11 is 0. The van der Waals surface area contributed by atoms with Gasteiger partial charge in [-0.1, -0.05) is 20.3 Å². The van der Waals surface area contributed by atoms with Crippen LogP contribution in [-0.4, -0.2) is 26.7 Å². The van der Waals surface area contributed by atoms with Crippen LogP contribution in [0, 0.1) is 0 Å². The Morgan fingerprint density at radius 1 is 1.15 bits per heavy atom. The summed E-state index contributed by atoms with van der Waals surface area (Å²) in [6.07, 6.45) is 4.22. The maximum absolute atomic E-state index is 8.95. The number of hydrogen-bond donors (Lipinski definition) is 1. The molecule has 13 heavy (non-hydrogen) atoms. The summed E-state index contributed by atoms with van der Waals surface area (Å²) in [5.74, 6) is 0. The largest absolute Gasteiger partial charge is 0.471 e. The van der Waals surface area contributed by atoms with Crippen molar-refractivity contribution in [3.05, 3.63) is 0 Å². The predicted molar refractivity (Wildman–Crippen MR) is 66.6 cm³/mol. The number of methoxy groups -OCH3 is 1. The van der Waals surface area contributed by atoms with Crippen LogP contribution >= 0.6 is 24.0 Å². The lowest BCUT2D eigenvalue weighted by Gasteiger charge is -2.08. The number of ether oxygens (including phenoxy) is 1. The molecule has 1 heterocycles. The van der Waals surface area contributed by atoms with Crippen LogP contribution in [0.1, 0.15) is 33.1 Å². The first kappa shape index (κ1) is 18.9. The number of piperidine rings is 1. The van der Waals surface area contributed by atoms with Gasteiger partial charge in [0.1, 0.15) is 0 Å². The van der Waals surface area contributed by atoms with E-state index in [4.69, 9.17) is 4.79 Å². The molecule has 1 saturated heterocycles. The second kappa shape index (κ2) is 22.7. The molecular weight excluding hydrogens is 281 g/mol. The van der Waals surface area contributed by atoms with Crippen LogP contribution in [0.25, 0.3) is 0 Å². The summed E-state index contributed by atoms with van der Waals surface area (Å²) in [6, 6.07) is 0. The molecule has 1 N–H and O–H groups in total. The van der Waals surface area contributed by atoms with Gasteiger partial charge in [-0.25, -0.2) is 0 Å². The summed E-state index contributed by atoms with van der Waals surface area (Å²) in [7, 11) is 1.31. The van der Waals surface area contributed by atoms with Gasteiger partial charge in [-0.05, 0) is 25.9 Å². The molecule has 82 valence electrons. The molecule has 1 aliphatic heterocycles. The summed E-state index contributed by atoms with van der Waals surface area (Å²) in [5, 5.41) is 3.28. The van der Waals surface area contributed by atoms with Crippen molar-refractivity contribution in [1.29, 1.82) is 0 Å². The Bertz CT molecular complexity index is 66.5. The zero-order valence-electron chi connectivity index (χ0n) is 8.84. The monoisotopic (exact) mass is 303 g/mol. The van der Waals surface area contributed by atoms with E-state index in [0.717, 1.165) is 0 Å². The standard InChI is InChI=1S/C5H11N.C2H4O2.C2H6.HI/c1-2-4-6-5-3-1;1-4-2-3;1-2;/h6H,1-5H2;2H,1H3;1-2H3;1H. The number of carbonyl (C=O) groups is 1. The Morgan fingerprint density at radius 3 is 1.62 bits per heavy atom. The van der Waals surface area contributed by atoms with E-state index >= 15 is 0 Å². The molecule has 4 heteroatoms. The van der Waals surface area contributed by atoms with Crippen LogP contribution in [0.4, 0.5) is 0 Å². The quantitative estimate of drug-likeness (QED) is 0.596. The van der Waals surface area contributed by atoms with Gasteiger partial charge in [-0.15, -0.1) is 24.0 Å². The average molecular weight is 303 g/mol. The van der Waals surface area contributed by atoms with Crippen LogP contribution in [0.3, 0.4) is 0 Å². The second-order valence-electron chi connectivity index (χ2n) is 2.14. The van der Waals surface area contributed by atoms with Gasteiger partial charge >= 0.3 is 0 Å². The molecule has 0 spiro atoms. The fourth-order valence-electron chi connectivity index (χ4n) is 0.802. The molecule has 0 bridgehead atoms. The first-order chi connectivity index (χ1) is 5.91. The number of carbonyl (C=O) groups excluding carboxylic acids is 1. The smallest absolute Gasteiger partial charge is 0.292 e. The van der Waals surface area contributed by atoms with Gasteiger partial charge in [0, 0.05) is 0 Å². The minimum Gasteiger partial charge on any atom is -0.471 e. The molecule has 0 aliphatic carbocycles. The van der Waals surface area contributed by atoms with E-state index in [9.17, 15) is 0 Å². The third kappa shape index (κ3) is 24.5. The van der Waals surface area contributed by atoms with Gasteiger partial charge in [-0.3, -0.25) is 4.79 Å². The Hall–Kier alpha value is 0.160. The highest BCUT2D eigenvalue weighted by Gasteiger charge is 1.93. The van der Waals surface area contributed by atoms with Gasteiger partial charge in [0.25, 0.3) is 6.47 Å². The topological polar surface area (TPSA) is 38.3 Å². The number of rotatable bonds is 1. The van der Waals surface area contributed by atoms with Gasteiger partial charge in [0.2, 0.25) is 0 Å². The number of halogens is 1. The molecule has 0 aromatic heterocycles. The molecule has 0 saturated carbocycles. The van der Waals surface area contributed by atoms with E-state index in [1.807, 2.05) is 13.8 Å². The Morgan fingerprint density at radius 2 is 1.54 bits per heavy atom. The predicted octanol–water partition coefficient (Wildman–Crippen LogP) is 2.19. The second-order valence-corrected chi connectivity index (χ2v) is 2.14. The fraction of sp³-hybridized carbons (Fsp3) is 0.889. The Balaban J connectivity index is -0.000000128. The highest BCUT2D eigenvalue weighted by molar-refractivity contribution is 14.0. The van der Waals surface area contributed by atoms with Crippen LogP contribution in [0.5, 0.6) is 0 Å². The maximum Gasteiger partial charge on any atom is 0.292 e. The summed E-state index contributed by atoms with van der Waals surface area (Å²) in [6.45, 7) is 6.88. The minimum atomic E-state index is 0. The summed E-state index contributed by atoms with van der Waals surface area (Å²) in [5.41, 5.74) is 0. The van der Waals surface area contributed by atoms with E-state index < -0.39 is 0 Å². The van der Waals surface area contributed by atoms with E-state index in [1.54, 1.807) is 0 Å². The highest BCUT2D eigenvalue weighted by Crippen LogP contribution is 1.96. The van der Waals surface area contributed by atoms with Crippen molar-refractivity contribution in [1.82, 2.24) is 5.32 Å². The molecule has 0 atom stereocenters. The highest BCUT2D eigenvalue weighted by atomic mass is 127. The molecule has 0 radical (unpaired) electrons. The first-order valence-corrected chi connectivity index (χ1v) is 4.59. The van der Waals surface area contributed by atoms with Crippen molar-refractivity contribution in [3.63, 3.8) is 0 Å². The van der Waals surface area contributed by atoms with Crippen LogP contribution in [0.15, 0.2) is 0 Å². The normalized spacial score (nSPS) is 13.2. The number of nitrogens with one attached hydrogen (secondary N) is 1. The van der Waals surface area contributed by atoms with Crippen molar-refractivity contribution in [3.8, 4) is 0 Å². The van der Waals surface area contributed by atoms with Crippen LogP contribution < -0.4 is 5.32 Å². The van der Waals surface area contributed by atoms with Gasteiger partial charge in [0.05, 0.1) is 7.11 Å². The molecule has 0 aromatic rings. The van der Waals surface area contributed by atoms with Gasteiger partial charge in [0.15, 0.2) is 0 Å². The Kier molecular flexibility index (Phi) is 33.0. The van der Waals surface area contributed by atoms with E-state index in [1.165, 1.54) is 39.5 Å². The summed E-state index contributed by atoms with van der Waals surface area (Å²) < 4.78 is 3.86. The van der Waals surface area contributed by atoms with Crippen molar-refractivity contribution in [2.75, 3.05) is 20.2 Å². The van der Waals surface area contributed by atoms with Gasteiger partial charge in [-0.2, -0.15) is 0 Å². The van der Waals surface area contributed by atoms with Crippen molar-refractivity contribution < 1.29 is 9.53 Å². The lowest BCUT2D eigenvalue weighted by Crippen LogP contribution is -2.21. The molecular formula is C9H22INO2. The lowest BCUT2D eigenvalue weighted by atomic mass is 10.2. The zero-order chi connectivity index (χ0) is 9.66. The molecule has 1 rings (SSSR count). The minimum absolute atomic E-state index is 0. The first-order valence-electron chi connectivity index (χ1n) is 4.59. The summed E-state index contributed by atoms with van der Waals surface area (Å²) in [4.78, 5) is 8.95. The molecule has 0 amide bonds. The Labute approximate surface area is 98.6 Å². The van der Waals surface area contributed by atoms with Crippen LogP contribution in [0.2, 0.25) is 0 Å². The molecule has 0 unspecified atom stereocenters. The van der Waals surface area contributed by atoms with Crippen molar-refractivity contribution in [2.24, 2.45) is 0 Å².